The SMILES string of the molecule is CNC(=O)c1c(-c2ccc(F)cc2)oc2cc(N(CCC(C)(C)F)S(C)(=O)=O)c(-c3ccc(OC)c(-c4nc5ccccc5o4)c3)cc12. The Morgan fingerprint density at radius 3 is 2.31 bits per heavy atom. The summed E-state index contributed by atoms with van der Waals surface area (Å²) in [7, 11) is -0.973. The number of fused-ring (bicyclic) bond motifs is 2. The van der Waals surface area contributed by atoms with E-state index in [-0.39, 0.29) is 41.5 Å². The van der Waals surface area contributed by atoms with Crippen molar-refractivity contribution in [1.82, 2.24) is 10.3 Å². The van der Waals surface area contributed by atoms with Crippen LogP contribution in [-0.2, 0) is 10.0 Å². The summed E-state index contributed by atoms with van der Waals surface area (Å²) in [6.07, 6.45) is 0.947. The molecule has 6 rings (SSSR count). The van der Waals surface area contributed by atoms with Crippen LogP contribution in [-0.4, -0.2) is 51.9 Å². The van der Waals surface area contributed by atoms with Gasteiger partial charge >= 0.3 is 0 Å². The summed E-state index contributed by atoms with van der Waals surface area (Å²) in [5, 5.41) is 3.02. The van der Waals surface area contributed by atoms with Gasteiger partial charge in [0, 0.05) is 36.2 Å². The quantitative estimate of drug-likeness (QED) is 0.157. The van der Waals surface area contributed by atoms with E-state index in [0.717, 1.165) is 10.6 Å². The van der Waals surface area contributed by atoms with Crippen LogP contribution in [0, 0.1) is 5.82 Å². The fourth-order valence-electron chi connectivity index (χ4n) is 5.59. The molecule has 4 aromatic carbocycles. The van der Waals surface area contributed by atoms with E-state index in [2.05, 4.69) is 10.3 Å². The second kappa shape index (κ2) is 12.4. The van der Waals surface area contributed by atoms with Crippen molar-refractivity contribution in [2.45, 2.75) is 25.9 Å². The Morgan fingerprint density at radius 2 is 1.67 bits per heavy atom. The van der Waals surface area contributed by atoms with Crippen molar-refractivity contribution < 1.29 is 35.6 Å². The number of hydrogen-bond donors (Lipinski definition) is 1. The molecule has 0 fully saturated rings. The number of carbonyl (C=O) groups is 1. The lowest BCUT2D eigenvalue weighted by molar-refractivity contribution is 0.0964. The Hall–Kier alpha value is -5.23. The van der Waals surface area contributed by atoms with Gasteiger partial charge in [-0.2, -0.15) is 0 Å². The molecule has 248 valence electrons. The summed E-state index contributed by atoms with van der Waals surface area (Å²) in [6, 6.07) is 21.2. The van der Waals surface area contributed by atoms with Crippen molar-refractivity contribution in [1.29, 1.82) is 0 Å². The van der Waals surface area contributed by atoms with E-state index in [0.29, 0.717) is 44.5 Å². The third-order valence-corrected chi connectivity index (χ3v) is 9.16. The van der Waals surface area contributed by atoms with Crippen LogP contribution in [0.4, 0.5) is 14.5 Å². The summed E-state index contributed by atoms with van der Waals surface area (Å²) in [5.74, 6) is -0.0163. The van der Waals surface area contributed by atoms with Crippen molar-refractivity contribution in [2.24, 2.45) is 0 Å². The highest BCUT2D eigenvalue weighted by atomic mass is 32.2. The Balaban J connectivity index is 1.65. The van der Waals surface area contributed by atoms with Crippen LogP contribution in [0.5, 0.6) is 5.75 Å². The van der Waals surface area contributed by atoms with Crippen LogP contribution in [0.25, 0.3) is 56.0 Å². The number of nitrogens with zero attached hydrogens (tertiary/aromatic N) is 2. The number of anilines is 1. The van der Waals surface area contributed by atoms with Gasteiger partial charge in [0.2, 0.25) is 15.9 Å². The number of oxazole rings is 1. The molecule has 0 spiro atoms. The van der Waals surface area contributed by atoms with Crippen LogP contribution in [0.3, 0.4) is 0 Å². The lowest BCUT2D eigenvalue weighted by atomic mass is 9.96. The van der Waals surface area contributed by atoms with Crippen LogP contribution in [0.1, 0.15) is 30.6 Å². The van der Waals surface area contributed by atoms with E-state index in [1.165, 1.54) is 58.3 Å². The zero-order chi connectivity index (χ0) is 34.4. The number of para-hydroxylation sites is 2. The molecule has 6 aromatic rings. The van der Waals surface area contributed by atoms with Crippen molar-refractivity contribution in [3.63, 3.8) is 0 Å². The number of rotatable bonds is 10. The predicted octanol–water partition coefficient (Wildman–Crippen LogP) is 7.99. The molecule has 0 radical (unpaired) electrons. The summed E-state index contributed by atoms with van der Waals surface area (Å²) in [5.41, 5.74) is 2.00. The number of carbonyl (C=O) groups excluding carboxylic acids is 1. The second-order valence-corrected chi connectivity index (χ2v) is 13.9. The van der Waals surface area contributed by atoms with Crippen molar-refractivity contribution in [3.8, 4) is 39.7 Å². The van der Waals surface area contributed by atoms with Gasteiger partial charge in [-0.15, -0.1) is 0 Å². The molecular formula is C36H33F2N3O6S. The number of alkyl halides is 1. The first-order valence-corrected chi connectivity index (χ1v) is 16.9. The van der Waals surface area contributed by atoms with Gasteiger partial charge in [-0.1, -0.05) is 18.2 Å². The van der Waals surface area contributed by atoms with E-state index >= 15 is 0 Å². The Labute approximate surface area is 276 Å². The monoisotopic (exact) mass is 673 g/mol. The minimum atomic E-state index is -3.96. The van der Waals surface area contributed by atoms with Gasteiger partial charge in [0.05, 0.1) is 30.2 Å². The number of methoxy groups -OCH3 is 1. The van der Waals surface area contributed by atoms with Gasteiger partial charge in [-0.25, -0.2) is 22.2 Å². The topological polar surface area (TPSA) is 115 Å². The highest BCUT2D eigenvalue weighted by molar-refractivity contribution is 7.92. The van der Waals surface area contributed by atoms with Crippen molar-refractivity contribution in [2.75, 3.05) is 31.3 Å². The molecule has 0 aliphatic carbocycles. The number of amides is 1. The Kier molecular flexibility index (Phi) is 8.46. The number of sulfonamides is 1. The number of nitrogens with one attached hydrogen (secondary N) is 1. The normalized spacial score (nSPS) is 12.1. The first-order chi connectivity index (χ1) is 22.8. The highest BCUT2D eigenvalue weighted by Crippen LogP contribution is 2.44. The molecule has 2 aromatic heterocycles. The first-order valence-electron chi connectivity index (χ1n) is 15.1. The molecule has 0 saturated heterocycles. The Morgan fingerprint density at radius 1 is 0.958 bits per heavy atom. The van der Waals surface area contributed by atoms with E-state index in [1.807, 2.05) is 18.2 Å². The molecule has 9 nitrogen and oxygen atoms in total. The first kappa shape index (κ1) is 32.7. The fraction of sp³-hybridized carbons (Fsp3) is 0.222. The van der Waals surface area contributed by atoms with Gasteiger partial charge in [0.1, 0.15) is 34.1 Å². The van der Waals surface area contributed by atoms with Crippen LogP contribution in [0.15, 0.2) is 87.7 Å². The van der Waals surface area contributed by atoms with Gasteiger partial charge in [0.25, 0.3) is 5.91 Å². The Bertz CT molecular complexity index is 2240. The van der Waals surface area contributed by atoms with E-state index in [4.69, 9.17) is 13.6 Å². The molecule has 12 heteroatoms. The molecule has 2 heterocycles. The third-order valence-electron chi connectivity index (χ3n) is 7.98. The third kappa shape index (κ3) is 6.35. The average Bonchev–Trinajstić information content (AvgIpc) is 3.64. The minimum absolute atomic E-state index is 0.100. The molecule has 0 unspecified atom stereocenters. The lowest BCUT2D eigenvalue weighted by Crippen LogP contribution is -2.34. The van der Waals surface area contributed by atoms with Gasteiger partial charge in [0.15, 0.2) is 5.58 Å². The smallest absolute Gasteiger partial charge is 0.255 e. The fourth-order valence-corrected chi connectivity index (χ4v) is 6.52. The lowest BCUT2D eigenvalue weighted by Gasteiger charge is -2.27. The number of furan rings is 1. The zero-order valence-corrected chi connectivity index (χ0v) is 27.7. The molecule has 0 bridgehead atoms. The summed E-state index contributed by atoms with van der Waals surface area (Å²) in [6.45, 7) is 2.58. The van der Waals surface area contributed by atoms with Crippen LogP contribution < -0.4 is 14.4 Å². The van der Waals surface area contributed by atoms with E-state index < -0.39 is 27.4 Å². The summed E-state index contributed by atoms with van der Waals surface area (Å²) in [4.78, 5) is 18.0. The molecular weight excluding hydrogens is 640 g/mol. The second-order valence-electron chi connectivity index (χ2n) is 12.0. The van der Waals surface area contributed by atoms with Gasteiger partial charge < -0.3 is 18.9 Å². The van der Waals surface area contributed by atoms with Crippen LogP contribution >= 0.6 is 0 Å². The molecule has 0 aliphatic rings. The maximum Gasteiger partial charge on any atom is 0.255 e. The van der Waals surface area contributed by atoms with E-state index in [1.54, 1.807) is 30.3 Å². The molecule has 0 aliphatic heterocycles. The summed E-state index contributed by atoms with van der Waals surface area (Å²) >= 11 is 0. The van der Waals surface area contributed by atoms with Crippen molar-refractivity contribution >= 4 is 43.7 Å². The molecule has 0 saturated carbocycles. The number of aromatic nitrogens is 1. The molecule has 1 N–H and O–H groups in total. The van der Waals surface area contributed by atoms with Gasteiger partial charge in [-0.05, 0) is 80.4 Å². The number of halogens is 2. The largest absolute Gasteiger partial charge is 0.496 e. The minimum Gasteiger partial charge on any atom is -0.496 e. The predicted molar refractivity (Wildman–Crippen MR) is 182 cm³/mol. The number of benzene rings is 4. The standard InChI is InChI=1S/C36H33F2N3O6S/c1-36(2,38)16-17-41(48(5,43)44)28-20-31-25(32(34(42)39-3)33(46-31)21-10-13-23(37)14-11-21)19-24(28)22-12-15-29(45-4)26(18-22)35-40-27-8-6-7-9-30(27)47-35/h6-15,18-20H,16-17H2,1-5H3,(H,39,42). The molecule has 1 amide bonds. The van der Waals surface area contributed by atoms with Gasteiger partial charge in [-0.3, -0.25) is 9.10 Å². The van der Waals surface area contributed by atoms with E-state index in [9.17, 15) is 22.0 Å². The molecule has 0 atom stereocenters. The van der Waals surface area contributed by atoms with Crippen LogP contribution in [0.2, 0.25) is 0 Å². The highest BCUT2D eigenvalue weighted by Gasteiger charge is 2.29. The number of ether oxygens (including phenoxy) is 1. The molecule has 48 heavy (non-hydrogen) atoms. The number of hydrogen-bond acceptors (Lipinski definition) is 7. The summed E-state index contributed by atoms with van der Waals surface area (Å²) < 4.78 is 74.4. The maximum absolute atomic E-state index is 14.8. The zero-order valence-electron chi connectivity index (χ0n) is 26.9. The maximum atomic E-state index is 14.8. The van der Waals surface area contributed by atoms with Crippen molar-refractivity contribution in [3.05, 3.63) is 90.2 Å². The average molecular weight is 674 g/mol.